The molecular formula is C26H42O10. The van der Waals surface area contributed by atoms with Gasteiger partial charge in [0.15, 0.2) is 6.29 Å². The van der Waals surface area contributed by atoms with Crippen molar-refractivity contribution in [3.63, 3.8) is 0 Å². The van der Waals surface area contributed by atoms with Crippen LogP contribution in [-0.4, -0.2) is 108 Å². The lowest BCUT2D eigenvalue weighted by molar-refractivity contribution is -0.333. The molecule has 0 aromatic carbocycles. The molecule has 14 unspecified atom stereocenters. The van der Waals surface area contributed by atoms with E-state index in [4.69, 9.17) is 9.47 Å². The second-order valence-electron chi connectivity index (χ2n) is 13.0. The van der Waals surface area contributed by atoms with Gasteiger partial charge in [0.25, 0.3) is 0 Å². The normalized spacial score (nSPS) is 58.3. The van der Waals surface area contributed by atoms with Crippen LogP contribution in [0.1, 0.15) is 52.9 Å². The number of rotatable bonds is 3. The summed E-state index contributed by atoms with van der Waals surface area (Å²) in [5, 5.41) is 86.9. The SMILES string of the molecule is C=C1C2CCC3CC2(CC(OC2OC(CO)C(O)C(O)C2O)C2(O)C1C(O)C(O)C2(C)C)CC3(C)O. The van der Waals surface area contributed by atoms with Crippen LogP contribution in [0.3, 0.4) is 0 Å². The lowest BCUT2D eigenvalue weighted by Crippen LogP contribution is -2.63. The van der Waals surface area contributed by atoms with Crippen molar-refractivity contribution in [2.75, 3.05) is 6.61 Å². The lowest BCUT2D eigenvalue weighted by atomic mass is 9.62. The van der Waals surface area contributed by atoms with Gasteiger partial charge in [0.2, 0.25) is 0 Å². The van der Waals surface area contributed by atoms with Crippen LogP contribution < -0.4 is 0 Å². The molecule has 5 rings (SSSR count). The van der Waals surface area contributed by atoms with Gasteiger partial charge in [-0.2, -0.15) is 0 Å². The summed E-state index contributed by atoms with van der Waals surface area (Å²) in [5.74, 6) is -1.01. The Hall–Kier alpha value is -0.660. The Kier molecular flexibility index (Phi) is 6.30. The first-order valence-electron chi connectivity index (χ1n) is 13.1. The maximum Gasteiger partial charge on any atom is 0.187 e. The van der Waals surface area contributed by atoms with Crippen molar-refractivity contribution in [2.24, 2.45) is 28.6 Å². The predicted molar refractivity (Wildman–Crippen MR) is 125 cm³/mol. The Morgan fingerprint density at radius 2 is 1.61 bits per heavy atom. The Labute approximate surface area is 211 Å². The second-order valence-corrected chi connectivity index (χ2v) is 13.0. The third kappa shape index (κ3) is 3.40. The summed E-state index contributed by atoms with van der Waals surface area (Å²) in [5.41, 5.74) is -3.88. The Morgan fingerprint density at radius 3 is 2.25 bits per heavy atom. The van der Waals surface area contributed by atoms with Crippen LogP contribution in [0.5, 0.6) is 0 Å². The number of aliphatic hydroxyl groups excluding tert-OH is 6. The fraction of sp³-hybridized carbons (Fsp3) is 0.923. The molecule has 5 aliphatic rings. The summed E-state index contributed by atoms with van der Waals surface area (Å²) in [6.07, 6.45) is -8.39. The minimum Gasteiger partial charge on any atom is -0.394 e. The largest absolute Gasteiger partial charge is 0.394 e. The van der Waals surface area contributed by atoms with Gasteiger partial charge in [-0.25, -0.2) is 0 Å². The van der Waals surface area contributed by atoms with Gasteiger partial charge >= 0.3 is 0 Å². The highest BCUT2D eigenvalue weighted by Gasteiger charge is 2.73. The van der Waals surface area contributed by atoms with E-state index in [9.17, 15) is 40.9 Å². The molecule has 10 nitrogen and oxygen atoms in total. The highest BCUT2D eigenvalue weighted by atomic mass is 16.7. The van der Waals surface area contributed by atoms with E-state index in [-0.39, 0.29) is 18.3 Å². The zero-order valence-corrected chi connectivity index (χ0v) is 21.2. The molecule has 36 heavy (non-hydrogen) atoms. The van der Waals surface area contributed by atoms with E-state index >= 15 is 0 Å². The summed E-state index contributed by atoms with van der Waals surface area (Å²) in [7, 11) is 0. The molecule has 2 bridgehead atoms. The van der Waals surface area contributed by atoms with Crippen molar-refractivity contribution in [2.45, 2.75) is 113 Å². The van der Waals surface area contributed by atoms with Crippen molar-refractivity contribution >= 4 is 0 Å². The molecule has 206 valence electrons. The highest BCUT2D eigenvalue weighted by molar-refractivity contribution is 5.32. The molecule has 0 aromatic heterocycles. The fourth-order valence-corrected chi connectivity index (χ4v) is 8.73. The first-order chi connectivity index (χ1) is 16.6. The molecule has 10 heteroatoms. The van der Waals surface area contributed by atoms with Crippen LogP contribution in [0.4, 0.5) is 0 Å². The minimum atomic E-state index is -1.84. The molecule has 0 amide bonds. The maximum atomic E-state index is 12.5. The van der Waals surface area contributed by atoms with E-state index in [1.54, 1.807) is 13.8 Å². The van der Waals surface area contributed by atoms with Crippen molar-refractivity contribution in [3.8, 4) is 0 Å². The molecule has 14 atom stereocenters. The molecule has 4 aliphatic carbocycles. The van der Waals surface area contributed by atoms with Crippen molar-refractivity contribution in [3.05, 3.63) is 12.2 Å². The van der Waals surface area contributed by atoms with Gasteiger partial charge in [0.05, 0.1) is 30.5 Å². The lowest BCUT2D eigenvalue weighted by Gasteiger charge is -2.49. The molecule has 0 aromatic rings. The summed E-state index contributed by atoms with van der Waals surface area (Å²) >= 11 is 0. The minimum absolute atomic E-state index is 0.0607. The molecule has 1 heterocycles. The van der Waals surface area contributed by atoms with Crippen LogP contribution >= 0.6 is 0 Å². The number of aliphatic hydroxyl groups is 8. The molecule has 1 aliphatic heterocycles. The molecule has 5 fully saturated rings. The standard InChI is InChI=1S/C26H42O10/c1-11-13-6-5-12-7-25(13,10-24(12,4)33)8-15(26(34)16(11)18(29)21(32)23(26,2)3)36-22-20(31)19(30)17(28)14(9-27)35-22/h12-22,27-34H,1,5-10H2,2-4H3. The summed E-state index contributed by atoms with van der Waals surface area (Å²) < 4.78 is 11.9. The average Bonchev–Trinajstić information content (AvgIpc) is 3.05. The highest BCUT2D eigenvalue weighted by Crippen LogP contribution is 2.69. The first-order valence-corrected chi connectivity index (χ1v) is 13.1. The monoisotopic (exact) mass is 514 g/mol. The summed E-state index contributed by atoms with van der Waals surface area (Å²) in [6.45, 7) is 8.85. The Balaban J connectivity index is 1.60. The molecule has 4 saturated carbocycles. The fourth-order valence-electron chi connectivity index (χ4n) is 8.73. The molecule has 1 spiro atoms. The number of hydrogen-bond donors (Lipinski definition) is 8. The summed E-state index contributed by atoms with van der Waals surface area (Å²) in [4.78, 5) is 0. The molecule has 0 radical (unpaired) electrons. The number of ether oxygens (including phenoxy) is 2. The Bertz CT molecular complexity index is 890. The Morgan fingerprint density at radius 1 is 0.944 bits per heavy atom. The van der Waals surface area contributed by atoms with Crippen molar-refractivity contribution < 1.29 is 50.3 Å². The zero-order chi connectivity index (χ0) is 26.6. The van der Waals surface area contributed by atoms with E-state index in [2.05, 4.69) is 6.58 Å². The van der Waals surface area contributed by atoms with Crippen LogP contribution in [0.15, 0.2) is 12.2 Å². The van der Waals surface area contributed by atoms with E-state index in [1.165, 1.54) is 0 Å². The third-order valence-corrected chi connectivity index (χ3v) is 10.8. The maximum absolute atomic E-state index is 12.5. The topological polar surface area (TPSA) is 180 Å². The third-order valence-electron chi connectivity index (χ3n) is 10.8. The van der Waals surface area contributed by atoms with Gasteiger partial charge in [-0.05, 0) is 56.3 Å². The molecular weight excluding hydrogens is 472 g/mol. The van der Waals surface area contributed by atoms with Crippen molar-refractivity contribution in [1.82, 2.24) is 0 Å². The summed E-state index contributed by atoms with van der Waals surface area (Å²) in [6, 6.07) is 0. The average molecular weight is 515 g/mol. The van der Waals surface area contributed by atoms with Crippen LogP contribution in [0.25, 0.3) is 0 Å². The van der Waals surface area contributed by atoms with Gasteiger partial charge in [-0.1, -0.05) is 26.0 Å². The van der Waals surface area contributed by atoms with Crippen LogP contribution in [0, 0.1) is 28.6 Å². The van der Waals surface area contributed by atoms with Crippen LogP contribution in [-0.2, 0) is 9.47 Å². The molecule has 8 N–H and O–H groups in total. The van der Waals surface area contributed by atoms with E-state index in [0.29, 0.717) is 18.4 Å². The molecule has 1 saturated heterocycles. The predicted octanol–water partition coefficient (Wildman–Crippen LogP) is -1.20. The number of fused-ring (bicyclic) bond motifs is 2. The van der Waals surface area contributed by atoms with Gasteiger partial charge in [0, 0.05) is 11.3 Å². The first kappa shape index (κ1) is 26.9. The quantitative estimate of drug-likeness (QED) is 0.213. The zero-order valence-electron chi connectivity index (χ0n) is 21.2. The van der Waals surface area contributed by atoms with E-state index < -0.39 is 83.6 Å². The van der Waals surface area contributed by atoms with Gasteiger partial charge < -0.3 is 50.3 Å². The van der Waals surface area contributed by atoms with Gasteiger partial charge in [-0.3, -0.25) is 0 Å². The van der Waals surface area contributed by atoms with E-state index in [0.717, 1.165) is 12.8 Å². The van der Waals surface area contributed by atoms with E-state index in [1.807, 2.05) is 6.92 Å². The van der Waals surface area contributed by atoms with Gasteiger partial charge in [-0.15, -0.1) is 0 Å². The second kappa shape index (κ2) is 8.42. The van der Waals surface area contributed by atoms with Crippen LogP contribution in [0.2, 0.25) is 0 Å². The number of hydrogen-bond acceptors (Lipinski definition) is 10. The smallest absolute Gasteiger partial charge is 0.187 e. The van der Waals surface area contributed by atoms with Gasteiger partial charge in [0.1, 0.15) is 30.0 Å². The van der Waals surface area contributed by atoms with Crippen molar-refractivity contribution in [1.29, 1.82) is 0 Å².